The van der Waals surface area contributed by atoms with E-state index in [0.29, 0.717) is 5.69 Å². The topological polar surface area (TPSA) is 155 Å². The first-order chi connectivity index (χ1) is 17.5. The van der Waals surface area contributed by atoms with Crippen molar-refractivity contribution in [1.29, 1.82) is 0 Å². The van der Waals surface area contributed by atoms with Crippen LogP contribution in [0.4, 0.5) is 5.82 Å². The van der Waals surface area contributed by atoms with Gasteiger partial charge < -0.3 is 5.73 Å². The van der Waals surface area contributed by atoms with E-state index in [1.54, 1.807) is 10.9 Å². The number of rotatable bonds is 7. The van der Waals surface area contributed by atoms with Gasteiger partial charge in [0, 0.05) is 17.3 Å². The second-order valence-corrected chi connectivity index (χ2v) is 8.14. The second-order valence-electron chi connectivity index (χ2n) is 8.14. The minimum Gasteiger partial charge on any atom is -0.378 e. The van der Waals surface area contributed by atoms with Crippen molar-refractivity contribution < 1.29 is 9.42 Å². The van der Waals surface area contributed by atoms with E-state index in [1.165, 1.54) is 4.68 Å². The number of carbonyl (C=O) groups excluding carboxylic acids is 1. The maximum atomic E-state index is 13.0. The van der Waals surface area contributed by atoms with Crippen LogP contribution in [0.15, 0.2) is 76.6 Å². The van der Waals surface area contributed by atoms with Crippen LogP contribution in [0.1, 0.15) is 41.5 Å². The smallest absolute Gasteiger partial charge is 0.293 e. The highest BCUT2D eigenvalue weighted by Crippen LogP contribution is 2.24. The van der Waals surface area contributed by atoms with Gasteiger partial charge in [0.25, 0.3) is 5.91 Å². The maximum absolute atomic E-state index is 13.0. The van der Waals surface area contributed by atoms with E-state index in [2.05, 4.69) is 35.8 Å². The van der Waals surface area contributed by atoms with Crippen molar-refractivity contribution in [2.45, 2.75) is 19.8 Å². The molecule has 3 aromatic heterocycles. The monoisotopic (exact) mass is 482 g/mol. The summed E-state index contributed by atoms with van der Waals surface area (Å²) in [5.41, 5.74) is 12.2. The van der Waals surface area contributed by atoms with Crippen LogP contribution in [0, 0.1) is 0 Å². The number of anilines is 1. The number of amides is 1. The van der Waals surface area contributed by atoms with Crippen LogP contribution in [-0.2, 0) is 0 Å². The standard InChI is InChI=1S/C24H22N10O2/c1-15(2)21-20(27-32-34(21)23-22(25)30-36-31-23)24(35)28-26-13-17-14-33(18-11-7-4-8-12-18)29-19(17)16-9-5-3-6-10-16/h3-15H,1-2H3,(H2,25,30)(H,28,35)/b26-13-. The average Bonchev–Trinajstić information content (AvgIpc) is 3.63. The number of benzene rings is 2. The number of nitrogen functional groups attached to an aromatic ring is 1. The third-order valence-corrected chi connectivity index (χ3v) is 5.34. The number of hydrazone groups is 1. The summed E-state index contributed by atoms with van der Waals surface area (Å²) in [6.45, 7) is 3.78. The number of aromatic nitrogens is 7. The molecule has 0 unspecified atom stereocenters. The SMILES string of the molecule is CC(C)c1c(C(=O)N/N=C\c2cn(-c3ccccc3)nc2-c2ccccc2)nnn1-c1nonc1N. The minimum atomic E-state index is -0.534. The molecular formula is C24H22N10O2. The van der Waals surface area contributed by atoms with Crippen molar-refractivity contribution in [3.63, 3.8) is 0 Å². The van der Waals surface area contributed by atoms with Crippen molar-refractivity contribution in [2.75, 3.05) is 5.73 Å². The lowest BCUT2D eigenvalue weighted by atomic mass is 10.1. The molecule has 1 amide bonds. The van der Waals surface area contributed by atoms with E-state index in [9.17, 15) is 4.79 Å². The first-order valence-electron chi connectivity index (χ1n) is 11.1. The molecule has 12 heteroatoms. The Kier molecular flexibility index (Phi) is 6.05. The maximum Gasteiger partial charge on any atom is 0.293 e. The molecule has 36 heavy (non-hydrogen) atoms. The molecule has 0 aliphatic heterocycles. The molecule has 0 aliphatic rings. The molecule has 12 nitrogen and oxygen atoms in total. The quantitative estimate of drug-likeness (QED) is 0.265. The Morgan fingerprint density at radius 3 is 2.47 bits per heavy atom. The first-order valence-corrected chi connectivity index (χ1v) is 11.1. The number of nitrogens with two attached hydrogens (primary N) is 1. The predicted molar refractivity (Wildman–Crippen MR) is 132 cm³/mol. The molecule has 180 valence electrons. The molecule has 3 heterocycles. The summed E-state index contributed by atoms with van der Waals surface area (Å²) >= 11 is 0. The van der Waals surface area contributed by atoms with Gasteiger partial charge in [-0.25, -0.2) is 14.7 Å². The predicted octanol–water partition coefficient (Wildman–Crippen LogP) is 2.97. The minimum absolute atomic E-state index is 0.0376. The highest BCUT2D eigenvalue weighted by Gasteiger charge is 2.25. The average molecular weight is 483 g/mol. The summed E-state index contributed by atoms with van der Waals surface area (Å²) in [7, 11) is 0. The summed E-state index contributed by atoms with van der Waals surface area (Å²) in [5, 5.41) is 24.3. The Balaban J connectivity index is 1.43. The Bertz CT molecular complexity index is 1520. The molecule has 0 aliphatic carbocycles. The summed E-state index contributed by atoms with van der Waals surface area (Å²) in [6, 6.07) is 19.5. The number of hydrogen-bond donors (Lipinski definition) is 2. The summed E-state index contributed by atoms with van der Waals surface area (Å²) in [4.78, 5) is 13.0. The number of carbonyl (C=O) groups is 1. The molecule has 0 radical (unpaired) electrons. The molecule has 0 fully saturated rings. The van der Waals surface area contributed by atoms with E-state index >= 15 is 0 Å². The third-order valence-electron chi connectivity index (χ3n) is 5.34. The van der Waals surface area contributed by atoms with Crippen LogP contribution in [0.5, 0.6) is 0 Å². The number of para-hydroxylation sites is 1. The van der Waals surface area contributed by atoms with Gasteiger partial charge in [-0.1, -0.05) is 67.6 Å². The highest BCUT2D eigenvalue weighted by atomic mass is 16.6. The highest BCUT2D eigenvalue weighted by molar-refractivity contribution is 5.95. The fourth-order valence-corrected chi connectivity index (χ4v) is 3.69. The molecular weight excluding hydrogens is 460 g/mol. The molecule has 5 rings (SSSR count). The van der Waals surface area contributed by atoms with Crippen molar-refractivity contribution >= 4 is 17.9 Å². The molecule has 5 aromatic rings. The Labute approximate surface area is 205 Å². The van der Waals surface area contributed by atoms with E-state index in [-0.39, 0.29) is 23.2 Å². The molecule has 0 saturated carbocycles. The molecule has 2 aromatic carbocycles. The normalized spacial score (nSPS) is 11.4. The van der Waals surface area contributed by atoms with E-state index in [4.69, 9.17) is 10.8 Å². The van der Waals surface area contributed by atoms with Gasteiger partial charge in [-0.3, -0.25) is 4.79 Å². The van der Waals surface area contributed by atoms with Crippen molar-refractivity contribution in [1.82, 2.24) is 40.5 Å². The van der Waals surface area contributed by atoms with Crippen molar-refractivity contribution in [2.24, 2.45) is 5.10 Å². The van der Waals surface area contributed by atoms with Crippen LogP contribution in [0.3, 0.4) is 0 Å². The van der Waals surface area contributed by atoms with Crippen LogP contribution in [-0.4, -0.2) is 47.2 Å². The molecule has 0 bridgehead atoms. The molecule has 3 N–H and O–H groups in total. The van der Waals surface area contributed by atoms with Gasteiger partial charge in [0.2, 0.25) is 11.6 Å². The lowest BCUT2D eigenvalue weighted by Gasteiger charge is -2.08. The Morgan fingerprint density at radius 2 is 1.81 bits per heavy atom. The first kappa shape index (κ1) is 22.7. The summed E-state index contributed by atoms with van der Waals surface area (Å²) in [6.07, 6.45) is 3.40. The van der Waals surface area contributed by atoms with Gasteiger partial charge in [-0.2, -0.15) is 14.9 Å². The van der Waals surface area contributed by atoms with Gasteiger partial charge >= 0.3 is 0 Å². The zero-order valence-electron chi connectivity index (χ0n) is 19.5. The van der Waals surface area contributed by atoms with Crippen molar-refractivity contribution in [3.8, 4) is 22.8 Å². The lowest BCUT2D eigenvalue weighted by molar-refractivity contribution is 0.0948. The fourth-order valence-electron chi connectivity index (χ4n) is 3.69. The van der Waals surface area contributed by atoms with Crippen molar-refractivity contribution in [3.05, 3.63) is 83.8 Å². The molecule has 0 spiro atoms. The van der Waals surface area contributed by atoms with Crippen LogP contribution in [0.25, 0.3) is 22.8 Å². The van der Waals surface area contributed by atoms with Gasteiger partial charge in [0.15, 0.2) is 5.69 Å². The Hall–Kier alpha value is -5.13. The zero-order chi connectivity index (χ0) is 25.1. The second kappa shape index (κ2) is 9.62. The summed E-state index contributed by atoms with van der Waals surface area (Å²) in [5.74, 6) is -0.465. The number of nitrogens with zero attached hydrogens (tertiary/aromatic N) is 8. The van der Waals surface area contributed by atoms with Crippen LogP contribution >= 0.6 is 0 Å². The van der Waals surface area contributed by atoms with Gasteiger partial charge in [-0.15, -0.1) is 5.10 Å². The molecule has 0 saturated heterocycles. The summed E-state index contributed by atoms with van der Waals surface area (Å²) < 4.78 is 7.76. The number of hydrogen-bond acceptors (Lipinski definition) is 9. The van der Waals surface area contributed by atoms with Gasteiger partial charge in [-0.05, 0) is 28.4 Å². The fraction of sp³-hybridized carbons (Fsp3) is 0.125. The number of nitrogens with one attached hydrogen (secondary N) is 1. The van der Waals surface area contributed by atoms with Gasteiger partial charge in [0.05, 0.1) is 17.6 Å². The third kappa shape index (κ3) is 4.34. The van der Waals surface area contributed by atoms with Crippen LogP contribution in [0.2, 0.25) is 0 Å². The van der Waals surface area contributed by atoms with E-state index in [0.717, 1.165) is 22.5 Å². The largest absolute Gasteiger partial charge is 0.378 e. The van der Waals surface area contributed by atoms with E-state index < -0.39 is 5.91 Å². The van der Waals surface area contributed by atoms with Gasteiger partial charge in [0.1, 0.15) is 5.69 Å². The zero-order valence-corrected chi connectivity index (χ0v) is 19.5. The van der Waals surface area contributed by atoms with E-state index in [1.807, 2.05) is 80.7 Å². The molecule has 0 atom stereocenters. The Morgan fingerprint density at radius 1 is 1.08 bits per heavy atom. The lowest BCUT2D eigenvalue weighted by Crippen LogP contribution is -2.21. The van der Waals surface area contributed by atoms with Crippen LogP contribution < -0.4 is 11.2 Å².